The average molecular weight is 592 g/mol. The molecule has 4 rings (SSSR count). The second kappa shape index (κ2) is 14.9. The Morgan fingerprint density at radius 2 is 1.50 bits per heavy atom. The molecule has 1 saturated carbocycles. The SMILES string of the molecule is CCC(C(=O)NC1CCCC1)N(CCc1ccccc1)C(=O)CN(c1ccc(OCc2ccccc2)cc1)S(C)(=O)=O. The maximum Gasteiger partial charge on any atom is 0.244 e. The smallest absolute Gasteiger partial charge is 0.244 e. The lowest BCUT2D eigenvalue weighted by atomic mass is 10.1. The van der Waals surface area contributed by atoms with E-state index in [9.17, 15) is 18.0 Å². The van der Waals surface area contributed by atoms with E-state index in [1.54, 1.807) is 29.2 Å². The Morgan fingerprint density at radius 3 is 2.07 bits per heavy atom. The van der Waals surface area contributed by atoms with Gasteiger partial charge < -0.3 is 15.0 Å². The molecule has 0 spiro atoms. The molecule has 8 nitrogen and oxygen atoms in total. The number of hydrogen-bond acceptors (Lipinski definition) is 5. The van der Waals surface area contributed by atoms with E-state index in [2.05, 4.69) is 5.32 Å². The van der Waals surface area contributed by atoms with E-state index >= 15 is 0 Å². The molecule has 2 amide bonds. The van der Waals surface area contributed by atoms with Crippen molar-refractivity contribution in [2.45, 2.75) is 64.1 Å². The Bertz CT molecular complexity index is 1390. The van der Waals surface area contributed by atoms with E-state index in [4.69, 9.17) is 4.74 Å². The molecule has 0 aliphatic heterocycles. The summed E-state index contributed by atoms with van der Waals surface area (Å²) in [7, 11) is -3.81. The number of ether oxygens (including phenoxy) is 1. The number of carbonyl (C=O) groups is 2. The highest BCUT2D eigenvalue weighted by molar-refractivity contribution is 7.92. The van der Waals surface area contributed by atoms with Gasteiger partial charge in [0.15, 0.2) is 0 Å². The number of hydrogen-bond donors (Lipinski definition) is 1. The highest BCUT2D eigenvalue weighted by Gasteiger charge is 2.32. The molecule has 1 fully saturated rings. The van der Waals surface area contributed by atoms with Crippen LogP contribution in [0.4, 0.5) is 5.69 Å². The average Bonchev–Trinajstić information content (AvgIpc) is 3.50. The minimum absolute atomic E-state index is 0.118. The first-order valence-electron chi connectivity index (χ1n) is 14.6. The molecule has 0 radical (unpaired) electrons. The molecule has 1 unspecified atom stereocenters. The third-order valence-electron chi connectivity index (χ3n) is 7.62. The second-order valence-corrected chi connectivity index (χ2v) is 12.7. The summed E-state index contributed by atoms with van der Waals surface area (Å²) in [5.41, 5.74) is 2.40. The molecule has 1 atom stereocenters. The van der Waals surface area contributed by atoms with Crippen molar-refractivity contribution in [2.75, 3.05) is 23.7 Å². The van der Waals surface area contributed by atoms with E-state index in [1.165, 1.54) is 0 Å². The molecule has 1 aliphatic rings. The maximum absolute atomic E-state index is 13.9. The lowest BCUT2D eigenvalue weighted by Gasteiger charge is -2.33. The molecule has 42 heavy (non-hydrogen) atoms. The van der Waals surface area contributed by atoms with Crippen molar-refractivity contribution in [1.29, 1.82) is 0 Å². The lowest BCUT2D eigenvalue weighted by Crippen LogP contribution is -2.54. The van der Waals surface area contributed by atoms with Gasteiger partial charge in [-0.2, -0.15) is 0 Å². The number of benzene rings is 3. The van der Waals surface area contributed by atoms with Gasteiger partial charge in [0.05, 0.1) is 11.9 Å². The molecule has 3 aromatic carbocycles. The lowest BCUT2D eigenvalue weighted by molar-refractivity contribution is -0.139. The van der Waals surface area contributed by atoms with Gasteiger partial charge in [0, 0.05) is 12.6 Å². The molecule has 0 aromatic heterocycles. The predicted molar refractivity (Wildman–Crippen MR) is 166 cm³/mol. The van der Waals surface area contributed by atoms with Crippen LogP contribution in [0.3, 0.4) is 0 Å². The summed E-state index contributed by atoms with van der Waals surface area (Å²) < 4.78 is 32.8. The van der Waals surface area contributed by atoms with Crippen LogP contribution >= 0.6 is 0 Å². The first-order chi connectivity index (χ1) is 20.2. The van der Waals surface area contributed by atoms with Crippen molar-refractivity contribution < 1.29 is 22.7 Å². The molecular weight excluding hydrogens is 550 g/mol. The van der Waals surface area contributed by atoms with Crippen LogP contribution in [0, 0.1) is 0 Å². The second-order valence-electron chi connectivity index (χ2n) is 10.8. The maximum atomic E-state index is 13.9. The molecule has 9 heteroatoms. The molecule has 224 valence electrons. The summed E-state index contributed by atoms with van der Waals surface area (Å²) in [6, 6.07) is 25.6. The van der Waals surface area contributed by atoms with E-state index in [0.29, 0.717) is 37.4 Å². The minimum Gasteiger partial charge on any atom is -0.489 e. The fourth-order valence-corrected chi connectivity index (χ4v) is 6.18. The Balaban J connectivity index is 1.51. The van der Waals surface area contributed by atoms with Crippen molar-refractivity contribution in [3.63, 3.8) is 0 Å². The normalized spacial score (nSPS) is 14.2. The standard InChI is InChI=1S/C33H41N3O5S/c1-3-31(33(38)34-28-16-10-11-17-28)35(23-22-26-12-6-4-7-13-26)32(37)24-36(42(2,39)40)29-18-20-30(21-19-29)41-25-27-14-8-5-9-15-27/h4-9,12-15,18-21,28,31H,3,10-11,16-17,22-25H2,1-2H3,(H,34,38). The summed E-state index contributed by atoms with van der Waals surface area (Å²) in [5.74, 6) is -0.0210. The highest BCUT2D eigenvalue weighted by atomic mass is 32.2. The van der Waals surface area contributed by atoms with Gasteiger partial charge in [0.1, 0.15) is 24.9 Å². The number of rotatable bonds is 14. The third-order valence-corrected chi connectivity index (χ3v) is 8.76. The van der Waals surface area contributed by atoms with Crippen molar-refractivity contribution in [3.8, 4) is 5.75 Å². The van der Waals surface area contributed by atoms with Crippen LogP contribution in [0.25, 0.3) is 0 Å². The zero-order valence-electron chi connectivity index (χ0n) is 24.4. The number of amides is 2. The zero-order chi connectivity index (χ0) is 30.0. The molecular formula is C33H41N3O5S. The highest BCUT2D eigenvalue weighted by Crippen LogP contribution is 2.24. The zero-order valence-corrected chi connectivity index (χ0v) is 25.3. The van der Waals surface area contributed by atoms with Crippen LogP contribution in [0.15, 0.2) is 84.9 Å². The largest absolute Gasteiger partial charge is 0.489 e. The van der Waals surface area contributed by atoms with Crippen LogP contribution in [-0.4, -0.2) is 56.6 Å². The monoisotopic (exact) mass is 591 g/mol. The van der Waals surface area contributed by atoms with Crippen molar-refractivity contribution in [1.82, 2.24) is 10.2 Å². The third kappa shape index (κ3) is 8.82. The molecule has 3 aromatic rings. The van der Waals surface area contributed by atoms with Gasteiger partial charge in [0.2, 0.25) is 21.8 Å². The summed E-state index contributed by atoms with van der Waals surface area (Å²) >= 11 is 0. The summed E-state index contributed by atoms with van der Waals surface area (Å²) in [4.78, 5) is 28.8. The first kappa shape index (κ1) is 31.1. The fourth-order valence-electron chi connectivity index (χ4n) is 5.33. The van der Waals surface area contributed by atoms with Gasteiger partial charge >= 0.3 is 0 Å². The Hall–Kier alpha value is -3.85. The van der Waals surface area contributed by atoms with Crippen LogP contribution < -0.4 is 14.4 Å². The molecule has 0 heterocycles. The van der Waals surface area contributed by atoms with Gasteiger partial charge in [-0.15, -0.1) is 0 Å². The Morgan fingerprint density at radius 1 is 0.905 bits per heavy atom. The van der Waals surface area contributed by atoms with E-state index in [-0.39, 0.29) is 11.9 Å². The van der Waals surface area contributed by atoms with Crippen LogP contribution in [-0.2, 0) is 32.6 Å². The van der Waals surface area contributed by atoms with Crippen LogP contribution in [0.1, 0.15) is 50.2 Å². The van der Waals surface area contributed by atoms with Gasteiger partial charge in [0.25, 0.3) is 0 Å². The first-order valence-corrected chi connectivity index (χ1v) is 16.5. The van der Waals surface area contributed by atoms with Crippen LogP contribution in [0.2, 0.25) is 0 Å². The van der Waals surface area contributed by atoms with Gasteiger partial charge in [-0.05, 0) is 61.1 Å². The van der Waals surface area contributed by atoms with Gasteiger partial charge in [-0.25, -0.2) is 8.42 Å². The van der Waals surface area contributed by atoms with E-state index < -0.39 is 28.5 Å². The summed E-state index contributed by atoms with van der Waals surface area (Å²) in [5, 5.41) is 3.13. The van der Waals surface area contributed by atoms with Gasteiger partial charge in [-0.3, -0.25) is 13.9 Å². The van der Waals surface area contributed by atoms with Crippen molar-refractivity contribution in [2.24, 2.45) is 0 Å². The molecule has 0 saturated heterocycles. The fraction of sp³-hybridized carbons (Fsp3) is 0.394. The summed E-state index contributed by atoms with van der Waals surface area (Å²) in [6.07, 6.45) is 6.09. The van der Waals surface area contributed by atoms with Crippen molar-refractivity contribution >= 4 is 27.5 Å². The number of anilines is 1. The molecule has 1 N–H and O–H groups in total. The number of nitrogens with zero attached hydrogens (tertiary/aromatic N) is 2. The summed E-state index contributed by atoms with van der Waals surface area (Å²) in [6.45, 7) is 2.14. The quantitative estimate of drug-likeness (QED) is 0.287. The predicted octanol–water partition coefficient (Wildman–Crippen LogP) is 4.94. The molecule has 1 aliphatic carbocycles. The van der Waals surface area contributed by atoms with Crippen LogP contribution in [0.5, 0.6) is 5.75 Å². The number of sulfonamides is 1. The van der Waals surface area contributed by atoms with Gasteiger partial charge in [-0.1, -0.05) is 80.4 Å². The molecule has 0 bridgehead atoms. The minimum atomic E-state index is -3.81. The van der Waals surface area contributed by atoms with Crippen molar-refractivity contribution in [3.05, 3.63) is 96.1 Å². The van der Waals surface area contributed by atoms with E-state index in [1.807, 2.05) is 67.6 Å². The Labute approximate surface area is 249 Å². The van der Waals surface area contributed by atoms with E-state index in [0.717, 1.165) is 47.4 Å². The topological polar surface area (TPSA) is 96.0 Å². The Kier molecular flexibility index (Phi) is 11.0. The number of nitrogens with one attached hydrogen (secondary N) is 1. The number of carbonyl (C=O) groups excluding carboxylic acids is 2.